The SMILES string of the molecule is CCC(CC)(CC)NCCc1ccc(OC)cc1. The molecule has 1 aromatic carbocycles. The standard InChI is InChI=1S/C16H27NO/c1-5-16(6-2,7-3)17-13-12-14-8-10-15(18-4)11-9-14/h8-11,17H,5-7,12-13H2,1-4H3. The fourth-order valence-electron chi connectivity index (χ4n) is 2.39. The average Bonchev–Trinajstić information content (AvgIpc) is 2.45. The maximum Gasteiger partial charge on any atom is 0.118 e. The Bertz CT molecular complexity index is 319. The molecule has 1 aromatic rings. The van der Waals surface area contributed by atoms with E-state index >= 15 is 0 Å². The van der Waals surface area contributed by atoms with Gasteiger partial charge in [-0.05, 0) is 49.9 Å². The molecule has 18 heavy (non-hydrogen) atoms. The normalized spacial score (nSPS) is 11.6. The molecule has 0 aliphatic heterocycles. The molecule has 0 radical (unpaired) electrons. The number of nitrogens with one attached hydrogen (secondary N) is 1. The van der Waals surface area contributed by atoms with Gasteiger partial charge in [0.2, 0.25) is 0 Å². The topological polar surface area (TPSA) is 21.3 Å². The van der Waals surface area contributed by atoms with Crippen LogP contribution in [0.15, 0.2) is 24.3 Å². The summed E-state index contributed by atoms with van der Waals surface area (Å²) in [5, 5.41) is 3.73. The Balaban J connectivity index is 2.44. The van der Waals surface area contributed by atoms with Crippen molar-refractivity contribution in [1.29, 1.82) is 0 Å². The number of hydrogen-bond acceptors (Lipinski definition) is 2. The third-order valence-corrected chi connectivity index (χ3v) is 4.10. The molecule has 1 N–H and O–H groups in total. The molecule has 0 atom stereocenters. The van der Waals surface area contributed by atoms with Crippen molar-refractivity contribution in [2.45, 2.75) is 52.0 Å². The molecule has 2 heteroatoms. The molecule has 2 nitrogen and oxygen atoms in total. The molecule has 0 aliphatic rings. The minimum atomic E-state index is 0.326. The van der Waals surface area contributed by atoms with Crippen molar-refractivity contribution in [2.75, 3.05) is 13.7 Å². The quantitative estimate of drug-likeness (QED) is 0.756. The summed E-state index contributed by atoms with van der Waals surface area (Å²) in [7, 11) is 1.70. The second kappa shape index (κ2) is 7.42. The predicted octanol–water partition coefficient (Wildman–Crippen LogP) is 3.80. The van der Waals surface area contributed by atoms with Crippen molar-refractivity contribution < 1.29 is 4.74 Å². The van der Waals surface area contributed by atoms with Gasteiger partial charge in [0.25, 0.3) is 0 Å². The van der Waals surface area contributed by atoms with Gasteiger partial charge in [0.05, 0.1) is 7.11 Å². The highest BCUT2D eigenvalue weighted by atomic mass is 16.5. The third kappa shape index (κ3) is 4.02. The van der Waals surface area contributed by atoms with Gasteiger partial charge in [0.15, 0.2) is 0 Å². The van der Waals surface area contributed by atoms with E-state index < -0.39 is 0 Å². The van der Waals surface area contributed by atoms with E-state index in [0.29, 0.717) is 5.54 Å². The van der Waals surface area contributed by atoms with Crippen molar-refractivity contribution in [1.82, 2.24) is 5.32 Å². The highest BCUT2D eigenvalue weighted by molar-refractivity contribution is 5.27. The van der Waals surface area contributed by atoms with Crippen LogP contribution in [-0.4, -0.2) is 19.2 Å². The van der Waals surface area contributed by atoms with E-state index in [1.165, 1.54) is 24.8 Å². The summed E-state index contributed by atoms with van der Waals surface area (Å²) in [4.78, 5) is 0. The van der Waals surface area contributed by atoms with Crippen LogP contribution < -0.4 is 10.1 Å². The third-order valence-electron chi connectivity index (χ3n) is 4.10. The van der Waals surface area contributed by atoms with Gasteiger partial charge in [-0.3, -0.25) is 0 Å². The van der Waals surface area contributed by atoms with Crippen LogP contribution in [-0.2, 0) is 6.42 Å². The minimum Gasteiger partial charge on any atom is -0.497 e. The molecular weight excluding hydrogens is 222 g/mol. The molecule has 0 aromatic heterocycles. The zero-order valence-electron chi connectivity index (χ0n) is 12.3. The van der Waals surface area contributed by atoms with Crippen LogP contribution in [0.2, 0.25) is 0 Å². The van der Waals surface area contributed by atoms with E-state index in [-0.39, 0.29) is 0 Å². The molecule has 0 spiro atoms. The van der Waals surface area contributed by atoms with E-state index in [9.17, 15) is 0 Å². The number of ether oxygens (including phenoxy) is 1. The van der Waals surface area contributed by atoms with Crippen molar-refractivity contribution in [2.24, 2.45) is 0 Å². The summed E-state index contributed by atoms with van der Waals surface area (Å²) in [5.74, 6) is 0.928. The highest BCUT2D eigenvalue weighted by Gasteiger charge is 2.22. The van der Waals surface area contributed by atoms with Gasteiger partial charge in [-0.15, -0.1) is 0 Å². The Morgan fingerprint density at radius 2 is 1.56 bits per heavy atom. The molecule has 0 amide bonds. The van der Waals surface area contributed by atoms with Gasteiger partial charge in [0.1, 0.15) is 5.75 Å². The number of methoxy groups -OCH3 is 1. The Morgan fingerprint density at radius 1 is 1.00 bits per heavy atom. The number of benzene rings is 1. The minimum absolute atomic E-state index is 0.326. The first-order chi connectivity index (χ1) is 8.69. The fraction of sp³-hybridized carbons (Fsp3) is 0.625. The lowest BCUT2D eigenvalue weighted by atomic mass is 9.89. The van der Waals surface area contributed by atoms with Gasteiger partial charge in [-0.1, -0.05) is 32.9 Å². The van der Waals surface area contributed by atoms with Crippen LogP contribution in [0.4, 0.5) is 0 Å². The summed E-state index contributed by atoms with van der Waals surface area (Å²) >= 11 is 0. The molecule has 0 bridgehead atoms. The van der Waals surface area contributed by atoms with Crippen LogP contribution in [0.3, 0.4) is 0 Å². The molecule has 0 aliphatic carbocycles. The van der Waals surface area contributed by atoms with Crippen LogP contribution in [0.1, 0.15) is 45.6 Å². The summed E-state index contributed by atoms with van der Waals surface area (Å²) < 4.78 is 5.16. The van der Waals surface area contributed by atoms with Crippen molar-refractivity contribution in [3.63, 3.8) is 0 Å². The van der Waals surface area contributed by atoms with Crippen LogP contribution in [0.5, 0.6) is 5.75 Å². The summed E-state index contributed by atoms with van der Waals surface area (Å²) in [5.41, 5.74) is 1.69. The second-order valence-electron chi connectivity index (χ2n) is 4.87. The van der Waals surface area contributed by atoms with Crippen LogP contribution in [0, 0.1) is 0 Å². The first-order valence-corrected chi connectivity index (χ1v) is 7.07. The molecule has 0 heterocycles. The monoisotopic (exact) mass is 249 g/mol. The summed E-state index contributed by atoms with van der Waals surface area (Å²) in [6.07, 6.45) is 4.67. The van der Waals surface area contributed by atoms with Gasteiger partial charge in [-0.2, -0.15) is 0 Å². The Hall–Kier alpha value is -1.02. The van der Waals surface area contributed by atoms with Gasteiger partial charge in [0, 0.05) is 5.54 Å². The Labute approximate surface area is 112 Å². The zero-order chi connectivity index (χ0) is 13.4. The number of hydrogen-bond donors (Lipinski definition) is 1. The first-order valence-electron chi connectivity index (χ1n) is 7.07. The lowest BCUT2D eigenvalue weighted by molar-refractivity contribution is 0.292. The maximum absolute atomic E-state index is 5.16. The van der Waals surface area contributed by atoms with Crippen LogP contribution in [0.25, 0.3) is 0 Å². The largest absolute Gasteiger partial charge is 0.497 e. The molecule has 102 valence electrons. The van der Waals surface area contributed by atoms with E-state index in [2.05, 4.69) is 38.2 Å². The molecule has 0 fully saturated rings. The van der Waals surface area contributed by atoms with E-state index in [1.54, 1.807) is 7.11 Å². The Morgan fingerprint density at radius 3 is 2.00 bits per heavy atom. The molecule has 0 unspecified atom stereocenters. The lowest BCUT2D eigenvalue weighted by Crippen LogP contribution is -2.44. The van der Waals surface area contributed by atoms with Crippen molar-refractivity contribution in [3.8, 4) is 5.75 Å². The smallest absolute Gasteiger partial charge is 0.118 e. The second-order valence-corrected chi connectivity index (χ2v) is 4.87. The van der Waals surface area contributed by atoms with Crippen molar-refractivity contribution in [3.05, 3.63) is 29.8 Å². The van der Waals surface area contributed by atoms with Crippen molar-refractivity contribution >= 4 is 0 Å². The van der Waals surface area contributed by atoms with Crippen LogP contribution >= 0.6 is 0 Å². The average molecular weight is 249 g/mol. The summed E-state index contributed by atoms with van der Waals surface area (Å²) in [6, 6.07) is 8.35. The zero-order valence-corrected chi connectivity index (χ0v) is 12.3. The Kier molecular flexibility index (Phi) is 6.20. The van der Waals surface area contributed by atoms with Gasteiger partial charge >= 0.3 is 0 Å². The molecule has 0 saturated heterocycles. The van der Waals surface area contributed by atoms with E-state index in [4.69, 9.17) is 4.74 Å². The molecular formula is C16H27NO. The maximum atomic E-state index is 5.16. The lowest BCUT2D eigenvalue weighted by Gasteiger charge is -2.32. The van der Waals surface area contributed by atoms with E-state index in [1.807, 2.05) is 12.1 Å². The molecule has 1 rings (SSSR count). The fourth-order valence-corrected chi connectivity index (χ4v) is 2.39. The first kappa shape index (κ1) is 15.0. The molecule has 0 saturated carbocycles. The summed E-state index contributed by atoms with van der Waals surface area (Å²) in [6.45, 7) is 7.86. The van der Waals surface area contributed by atoms with Gasteiger partial charge in [-0.25, -0.2) is 0 Å². The van der Waals surface area contributed by atoms with Gasteiger partial charge < -0.3 is 10.1 Å². The highest BCUT2D eigenvalue weighted by Crippen LogP contribution is 2.19. The van der Waals surface area contributed by atoms with E-state index in [0.717, 1.165) is 18.7 Å². The predicted molar refractivity (Wildman–Crippen MR) is 78.3 cm³/mol. The number of rotatable bonds is 8.